The number of carbonyl (C=O) groups is 2. The molecule has 4 rings (SSSR count). The SMILES string of the molecule is CCCCNC(=O)C(Cc1ccccc1)N(Cc1ccccc1F)C(=O)CN(c1cccc(C)c1)S(=O)(=O)c1ccccc1. The minimum Gasteiger partial charge on any atom is -0.354 e. The largest absolute Gasteiger partial charge is 0.354 e. The summed E-state index contributed by atoms with van der Waals surface area (Å²) >= 11 is 0. The quantitative estimate of drug-likeness (QED) is 0.179. The first-order chi connectivity index (χ1) is 21.2. The Hall–Kier alpha value is -4.50. The molecule has 4 aromatic rings. The van der Waals surface area contributed by atoms with E-state index in [9.17, 15) is 22.4 Å². The summed E-state index contributed by atoms with van der Waals surface area (Å²) in [6.45, 7) is 3.44. The van der Waals surface area contributed by atoms with Gasteiger partial charge in [-0.1, -0.05) is 92.2 Å². The number of rotatable bonds is 14. The molecule has 0 bridgehead atoms. The maximum absolute atomic E-state index is 15.0. The summed E-state index contributed by atoms with van der Waals surface area (Å²) < 4.78 is 44.0. The minimum atomic E-state index is -4.19. The number of nitrogens with one attached hydrogen (secondary N) is 1. The Morgan fingerprint density at radius 1 is 0.864 bits per heavy atom. The number of hydrogen-bond acceptors (Lipinski definition) is 4. The van der Waals surface area contributed by atoms with Crippen LogP contribution >= 0.6 is 0 Å². The average Bonchev–Trinajstić information content (AvgIpc) is 3.03. The third-order valence-corrected chi connectivity index (χ3v) is 9.09. The third-order valence-electron chi connectivity index (χ3n) is 7.30. The van der Waals surface area contributed by atoms with Gasteiger partial charge in [0, 0.05) is 25.1 Å². The van der Waals surface area contributed by atoms with Crippen molar-refractivity contribution in [2.75, 3.05) is 17.4 Å². The first-order valence-electron chi connectivity index (χ1n) is 14.7. The molecule has 1 unspecified atom stereocenters. The van der Waals surface area contributed by atoms with Gasteiger partial charge in [-0.3, -0.25) is 13.9 Å². The molecule has 0 aliphatic rings. The van der Waals surface area contributed by atoms with Crippen LogP contribution in [-0.4, -0.2) is 44.3 Å². The van der Waals surface area contributed by atoms with Gasteiger partial charge < -0.3 is 10.2 Å². The number of sulfonamides is 1. The van der Waals surface area contributed by atoms with Crippen LogP contribution < -0.4 is 9.62 Å². The van der Waals surface area contributed by atoms with Gasteiger partial charge in [-0.05, 0) is 54.8 Å². The maximum Gasteiger partial charge on any atom is 0.264 e. The first-order valence-corrected chi connectivity index (χ1v) is 16.1. The standard InChI is InChI=1S/C35H38FN3O4S/c1-3-4-22-37-35(41)33(24-28-15-7-5-8-16-28)38(25-29-17-11-12-21-32(29)36)34(40)26-39(30-18-13-14-27(2)23-30)44(42,43)31-19-9-6-10-20-31/h5-21,23,33H,3-4,22,24-26H2,1-2H3,(H,37,41). The van der Waals surface area contributed by atoms with Gasteiger partial charge in [-0.15, -0.1) is 0 Å². The van der Waals surface area contributed by atoms with E-state index < -0.39 is 34.3 Å². The van der Waals surface area contributed by atoms with E-state index in [1.54, 1.807) is 54.6 Å². The highest BCUT2D eigenvalue weighted by atomic mass is 32.2. The molecule has 9 heteroatoms. The molecule has 230 valence electrons. The van der Waals surface area contributed by atoms with Crippen LogP contribution in [0.15, 0.2) is 114 Å². The van der Waals surface area contributed by atoms with Crippen LogP contribution in [0.5, 0.6) is 0 Å². The molecule has 0 aromatic heterocycles. The molecule has 0 radical (unpaired) electrons. The summed E-state index contributed by atoms with van der Waals surface area (Å²) in [6.07, 6.45) is 1.78. The zero-order valence-electron chi connectivity index (χ0n) is 25.0. The van der Waals surface area contributed by atoms with Crippen molar-refractivity contribution in [3.8, 4) is 0 Å². The molecule has 44 heavy (non-hydrogen) atoms. The van der Waals surface area contributed by atoms with Crippen LogP contribution in [0.3, 0.4) is 0 Å². The molecule has 0 aliphatic heterocycles. The lowest BCUT2D eigenvalue weighted by molar-refractivity contribution is -0.140. The zero-order chi connectivity index (χ0) is 31.5. The number of carbonyl (C=O) groups excluding carboxylic acids is 2. The third kappa shape index (κ3) is 8.32. The lowest BCUT2D eigenvalue weighted by Crippen LogP contribution is -2.53. The summed E-state index contributed by atoms with van der Waals surface area (Å²) in [7, 11) is -4.19. The smallest absolute Gasteiger partial charge is 0.264 e. The molecule has 0 aliphatic carbocycles. The van der Waals surface area contributed by atoms with E-state index in [1.807, 2.05) is 50.2 Å². The fourth-order valence-corrected chi connectivity index (χ4v) is 6.33. The molecule has 0 saturated heterocycles. The second-order valence-corrected chi connectivity index (χ2v) is 12.5. The number of anilines is 1. The van der Waals surface area contributed by atoms with Crippen molar-refractivity contribution in [3.63, 3.8) is 0 Å². The number of halogens is 1. The van der Waals surface area contributed by atoms with Crippen LogP contribution in [0.1, 0.15) is 36.5 Å². The van der Waals surface area contributed by atoms with Gasteiger partial charge in [-0.25, -0.2) is 12.8 Å². The van der Waals surface area contributed by atoms with E-state index in [0.29, 0.717) is 12.2 Å². The lowest BCUT2D eigenvalue weighted by atomic mass is 10.0. The minimum absolute atomic E-state index is 0.0214. The lowest BCUT2D eigenvalue weighted by Gasteiger charge is -2.34. The molecule has 0 saturated carbocycles. The van der Waals surface area contributed by atoms with Crippen molar-refractivity contribution >= 4 is 27.5 Å². The molecule has 0 spiro atoms. The molecule has 1 atom stereocenters. The number of amides is 2. The molecular weight excluding hydrogens is 577 g/mol. The number of hydrogen-bond donors (Lipinski definition) is 1. The Morgan fingerprint density at radius 2 is 1.52 bits per heavy atom. The van der Waals surface area contributed by atoms with Crippen LogP contribution in [0.2, 0.25) is 0 Å². The van der Waals surface area contributed by atoms with Crippen molar-refractivity contribution in [2.24, 2.45) is 0 Å². The average molecular weight is 616 g/mol. The Bertz CT molecular complexity index is 1650. The second-order valence-electron chi connectivity index (χ2n) is 10.6. The number of unbranched alkanes of at least 4 members (excludes halogenated alkanes) is 1. The van der Waals surface area contributed by atoms with Gasteiger partial charge >= 0.3 is 0 Å². The summed E-state index contributed by atoms with van der Waals surface area (Å²) in [5.41, 5.74) is 2.14. The van der Waals surface area contributed by atoms with E-state index in [4.69, 9.17) is 0 Å². The fraction of sp³-hybridized carbons (Fsp3) is 0.257. The van der Waals surface area contributed by atoms with Crippen molar-refractivity contribution in [2.45, 2.75) is 50.6 Å². The topological polar surface area (TPSA) is 86.8 Å². The normalized spacial score (nSPS) is 11.9. The van der Waals surface area contributed by atoms with Gasteiger partial charge in [0.15, 0.2) is 0 Å². The van der Waals surface area contributed by atoms with Crippen LogP contribution in [0.25, 0.3) is 0 Å². The molecule has 2 amide bonds. The molecule has 0 fully saturated rings. The molecule has 7 nitrogen and oxygen atoms in total. The summed E-state index contributed by atoms with van der Waals surface area (Å²) in [6, 6.07) is 29.1. The Balaban J connectivity index is 1.79. The van der Waals surface area contributed by atoms with Crippen LogP contribution in [-0.2, 0) is 32.6 Å². The van der Waals surface area contributed by atoms with Crippen molar-refractivity contribution in [3.05, 3.63) is 132 Å². The predicted molar refractivity (Wildman–Crippen MR) is 171 cm³/mol. The highest BCUT2D eigenvalue weighted by Gasteiger charge is 2.35. The number of aryl methyl sites for hydroxylation is 1. The summed E-state index contributed by atoms with van der Waals surface area (Å²) in [4.78, 5) is 29.4. The van der Waals surface area contributed by atoms with E-state index >= 15 is 0 Å². The Kier molecular flexibility index (Phi) is 11.3. The molecular formula is C35H38FN3O4S. The van der Waals surface area contributed by atoms with Crippen molar-refractivity contribution < 1.29 is 22.4 Å². The summed E-state index contributed by atoms with van der Waals surface area (Å²) in [5.74, 6) is -1.55. The number of benzene rings is 4. The molecule has 1 N–H and O–H groups in total. The molecule has 4 aromatic carbocycles. The van der Waals surface area contributed by atoms with E-state index in [2.05, 4.69) is 5.32 Å². The first kappa shape index (κ1) is 32.4. The summed E-state index contributed by atoms with van der Waals surface area (Å²) in [5, 5.41) is 2.93. The van der Waals surface area contributed by atoms with Gasteiger partial charge in [0.25, 0.3) is 10.0 Å². The van der Waals surface area contributed by atoms with Gasteiger partial charge in [-0.2, -0.15) is 0 Å². The van der Waals surface area contributed by atoms with Crippen LogP contribution in [0, 0.1) is 12.7 Å². The maximum atomic E-state index is 15.0. The molecule has 0 heterocycles. The van der Waals surface area contributed by atoms with Gasteiger partial charge in [0.1, 0.15) is 18.4 Å². The Morgan fingerprint density at radius 3 is 2.18 bits per heavy atom. The van der Waals surface area contributed by atoms with Crippen molar-refractivity contribution in [1.82, 2.24) is 10.2 Å². The zero-order valence-corrected chi connectivity index (χ0v) is 25.8. The number of nitrogens with zero attached hydrogens (tertiary/aromatic N) is 2. The Labute approximate surface area is 259 Å². The van der Waals surface area contributed by atoms with Gasteiger partial charge in [0.2, 0.25) is 11.8 Å². The highest BCUT2D eigenvalue weighted by Crippen LogP contribution is 2.26. The highest BCUT2D eigenvalue weighted by molar-refractivity contribution is 7.92. The fourth-order valence-electron chi connectivity index (χ4n) is 4.90. The van der Waals surface area contributed by atoms with E-state index in [-0.39, 0.29) is 29.3 Å². The van der Waals surface area contributed by atoms with Crippen LogP contribution in [0.4, 0.5) is 10.1 Å². The van der Waals surface area contributed by atoms with Crippen molar-refractivity contribution in [1.29, 1.82) is 0 Å². The monoisotopic (exact) mass is 615 g/mol. The van der Waals surface area contributed by atoms with E-state index in [1.165, 1.54) is 23.1 Å². The van der Waals surface area contributed by atoms with E-state index in [0.717, 1.165) is 28.3 Å². The van der Waals surface area contributed by atoms with Gasteiger partial charge in [0.05, 0.1) is 10.6 Å². The predicted octanol–water partition coefficient (Wildman–Crippen LogP) is 5.89. The second kappa shape index (κ2) is 15.3.